The van der Waals surface area contributed by atoms with E-state index in [0.717, 1.165) is 17.7 Å². The van der Waals surface area contributed by atoms with Crippen molar-refractivity contribution in [3.63, 3.8) is 0 Å². The average molecular weight is 234 g/mol. The Morgan fingerprint density at radius 2 is 2.31 bits per heavy atom. The normalized spacial score (nSPS) is 12.6. The molecule has 0 aliphatic rings. The molecule has 0 radical (unpaired) electrons. The monoisotopic (exact) mass is 234 g/mol. The molecular formula is C11H14N4S. The SMILES string of the molecule is CNC(Cc1cnccc1N)c1cncs1. The van der Waals surface area contributed by atoms with Gasteiger partial charge in [-0.25, -0.2) is 0 Å². The van der Waals surface area contributed by atoms with Crippen molar-refractivity contribution in [2.45, 2.75) is 12.5 Å². The third-order valence-electron chi connectivity index (χ3n) is 2.51. The number of hydrogen-bond donors (Lipinski definition) is 2. The zero-order valence-electron chi connectivity index (χ0n) is 9.05. The van der Waals surface area contributed by atoms with Crippen LogP contribution in [0.4, 0.5) is 5.69 Å². The van der Waals surface area contributed by atoms with Crippen LogP contribution < -0.4 is 11.1 Å². The molecule has 2 rings (SSSR count). The molecule has 4 nitrogen and oxygen atoms in total. The Bertz CT molecular complexity index is 441. The lowest BCUT2D eigenvalue weighted by Crippen LogP contribution is -2.18. The zero-order valence-corrected chi connectivity index (χ0v) is 9.87. The van der Waals surface area contributed by atoms with Crippen molar-refractivity contribution >= 4 is 17.0 Å². The van der Waals surface area contributed by atoms with E-state index < -0.39 is 0 Å². The number of thiazole rings is 1. The van der Waals surface area contributed by atoms with E-state index in [0.29, 0.717) is 0 Å². The van der Waals surface area contributed by atoms with Gasteiger partial charge in [0.15, 0.2) is 0 Å². The Morgan fingerprint density at radius 1 is 1.44 bits per heavy atom. The molecule has 0 aliphatic heterocycles. The molecule has 2 heterocycles. The molecule has 0 aliphatic carbocycles. The number of hydrogen-bond acceptors (Lipinski definition) is 5. The molecule has 0 fully saturated rings. The molecule has 1 unspecified atom stereocenters. The van der Waals surface area contributed by atoms with Crippen LogP contribution in [-0.4, -0.2) is 17.0 Å². The molecule has 16 heavy (non-hydrogen) atoms. The Morgan fingerprint density at radius 3 is 2.94 bits per heavy atom. The minimum absolute atomic E-state index is 0.249. The van der Waals surface area contributed by atoms with Crippen molar-refractivity contribution in [3.8, 4) is 0 Å². The van der Waals surface area contributed by atoms with Crippen LogP contribution in [0, 0.1) is 0 Å². The number of nitrogen functional groups attached to an aromatic ring is 1. The number of nitrogens with zero attached hydrogens (tertiary/aromatic N) is 2. The van der Waals surface area contributed by atoms with Crippen molar-refractivity contribution in [2.75, 3.05) is 12.8 Å². The van der Waals surface area contributed by atoms with Gasteiger partial charge in [0.1, 0.15) is 0 Å². The zero-order chi connectivity index (χ0) is 11.4. The molecule has 2 aromatic heterocycles. The first kappa shape index (κ1) is 11.0. The number of nitrogens with two attached hydrogens (primary N) is 1. The topological polar surface area (TPSA) is 63.8 Å². The van der Waals surface area contributed by atoms with Crippen LogP contribution in [0.2, 0.25) is 0 Å². The Labute approximate surface area is 98.6 Å². The molecule has 0 saturated heterocycles. The average Bonchev–Trinajstić information content (AvgIpc) is 2.81. The predicted molar refractivity (Wildman–Crippen MR) is 66.3 cm³/mol. The lowest BCUT2D eigenvalue weighted by atomic mass is 10.1. The fourth-order valence-electron chi connectivity index (χ4n) is 1.57. The summed E-state index contributed by atoms with van der Waals surface area (Å²) in [4.78, 5) is 9.39. The smallest absolute Gasteiger partial charge is 0.0794 e. The van der Waals surface area contributed by atoms with Gasteiger partial charge in [0.2, 0.25) is 0 Å². The molecule has 2 aromatic rings. The maximum Gasteiger partial charge on any atom is 0.0794 e. The summed E-state index contributed by atoms with van der Waals surface area (Å²) in [6, 6.07) is 2.08. The van der Waals surface area contributed by atoms with Gasteiger partial charge >= 0.3 is 0 Å². The van der Waals surface area contributed by atoms with Crippen LogP contribution in [0.25, 0.3) is 0 Å². The van der Waals surface area contributed by atoms with Gasteiger partial charge in [-0.2, -0.15) is 0 Å². The minimum atomic E-state index is 0.249. The second-order valence-corrected chi connectivity index (χ2v) is 4.44. The molecule has 1 atom stereocenters. The van der Waals surface area contributed by atoms with E-state index in [2.05, 4.69) is 15.3 Å². The fraction of sp³-hybridized carbons (Fsp3) is 0.273. The first-order valence-electron chi connectivity index (χ1n) is 5.05. The van der Waals surface area contributed by atoms with Crippen molar-refractivity contribution in [1.82, 2.24) is 15.3 Å². The highest BCUT2D eigenvalue weighted by Gasteiger charge is 2.13. The third kappa shape index (κ3) is 2.37. The van der Waals surface area contributed by atoms with E-state index in [1.54, 1.807) is 17.5 Å². The van der Waals surface area contributed by atoms with Gasteiger partial charge in [0, 0.05) is 35.2 Å². The molecular weight excluding hydrogens is 220 g/mol. The lowest BCUT2D eigenvalue weighted by Gasteiger charge is -2.14. The largest absolute Gasteiger partial charge is 0.398 e. The molecule has 5 heteroatoms. The summed E-state index contributed by atoms with van der Waals surface area (Å²) in [6.07, 6.45) is 6.25. The van der Waals surface area contributed by atoms with Crippen LogP contribution in [-0.2, 0) is 6.42 Å². The maximum atomic E-state index is 5.90. The van der Waals surface area contributed by atoms with E-state index in [-0.39, 0.29) is 6.04 Å². The van der Waals surface area contributed by atoms with Crippen LogP contribution in [0.15, 0.2) is 30.2 Å². The molecule has 0 bridgehead atoms. The summed E-state index contributed by atoms with van der Waals surface area (Å²) in [7, 11) is 1.94. The Balaban J connectivity index is 2.17. The molecule has 3 N–H and O–H groups in total. The number of likely N-dealkylation sites (N-methyl/N-ethyl adjacent to an activating group) is 1. The van der Waals surface area contributed by atoms with Crippen molar-refractivity contribution < 1.29 is 0 Å². The summed E-state index contributed by atoms with van der Waals surface area (Å²) < 4.78 is 0. The summed E-state index contributed by atoms with van der Waals surface area (Å²) in [6.45, 7) is 0. The first-order chi connectivity index (χ1) is 7.81. The van der Waals surface area contributed by atoms with Crippen LogP contribution in [0.1, 0.15) is 16.5 Å². The number of aromatic nitrogens is 2. The highest BCUT2D eigenvalue weighted by molar-refractivity contribution is 7.09. The van der Waals surface area contributed by atoms with Gasteiger partial charge in [-0.15, -0.1) is 11.3 Å². The second-order valence-electron chi connectivity index (χ2n) is 3.52. The fourth-order valence-corrected chi connectivity index (χ4v) is 2.30. The van der Waals surface area contributed by atoms with Crippen molar-refractivity contribution in [2.24, 2.45) is 0 Å². The van der Waals surface area contributed by atoms with Gasteiger partial charge in [-0.3, -0.25) is 9.97 Å². The van der Waals surface area contributed by atoms with Crippen LogP contribution in [0.5, 0.6) is 0 Å². The van der Waals surface area contributed by atoms with Crippen LogP contribution >= 0.6 is 11.3 Å². The second kappa shape index (κ2) is 5.05. The van der Waals surface area contributed by atoms with Crippen LogP contribution in [0.3, 0.4) is 0 Å². The number of pyridine rings is 1. The third-order valence-corrected chi connectivity index (χ3v) is 3.40. The first-order valence-corrected chi connectivity index (χ1v) is 5.93. The van der Waals surface area contributed by atoms with E-state index in [1.165, 1.54) is 4.88 Å². The van der Waals surface area contributed by atoms with E-state index >= 15 is 0 Å². The Kier molecular flexibility index (Phi) is 3.48. The quantitative estimate of drug-likeness (QED) is 0.844. The number of rotatable bonds is 4. The standard InChI is InChI=1S/C11H14N4S/c1-13-10(11-6-15-7-16-11)4-8-5-14-3-2-9(8)12/h2-3,5-7,10,13H,4H2,1H3,(H2,12,14). The van der Waals surface area contributed by atoms with Gasteiger partial charge in [-0.05, 0) is 25.1 Å². The van der Waals surface area contributed by atoms with Gasteiger partial charge < -0.3 is 11.1 Å². The highest BCUT2D eigenvalue weighted by atomic mass is 32.1. The maximum absolute atomic E-state index is 5.90. The van der Waals surface area contributed by atoms with E-state index in [9.17, 15) is 0 Å². The predicted octanol–water partition coefficient (Wildman–Crippen LogP) is 1.62. The highest BCUT2D eigenvalue weighted by Crippen LogP contribution is 2.23. The van der Waals surface area contributed by atoms with E-state index in [4.69, 9.17) is 5.73 Å². The van der Waals surface area contributed by atoms with Gasteiger partial charge in [0.25, 0.3) is 0 Å². The lowest BCUT2D eigenvalue weighted by molar-refractivity contribution is 0.601. The molecule has 0 amide bonds. The molecule has 0 spiro atoms. The summed E-state index contributed by atoms with van der Waals surface area (Å²) in [5.41, 5.74) is 9.59. The van der Waals surface area contributed by atoms with Crippen molar-refractivity contribution in [3.05, 3.63) is 40.6 Å². The van der Waals surface area contributed by atoms with Crippen molar-refractivity contribution in [1.29, 1.82) is 0 Å². The van der Waals surface area contributed by atoms with E-state index in [1.807, 2.05) is 31.0 Å². The van der Waals surface area contributed by atoms with Gasteiger partial charge in [-0.1, -0.05) is 0 Å². The number of anilines is 1. The molecule has 0 aromatic carbocycles. The summed E-state index contributed by atoms with van der Waals surface area (Å²) >= 11 is 1.65. The molecule has 84 valence electrons. The van der Waals surface area contributed by atoms with Gasteiger partial charge in [0.05, 0.1) is 5.51 Å². The number of nitrogens with one attached hydrogen (secondary N) is 1. The summed E-state index contributed by atoms with van der Waals surface area (Å²) in [5, 5.41) is 3.27. The Hall–Kier alpha value is -1.46. The molecule has 0 saturated carbocycles. The summed E-state index contributed by atoms with van der Waals surface area (Å²) in [5.74, 6) is 0. The minimum Gasteiger partial charge on any atom is -0.398 e.